The third kappa shape index (κ3) is 4.89. The second-order valence-electron chi connectivity index (χ2n) is 6.49. The van der Waals surface area contributed by atoms with Gasteiger partial charge in [-0.3, -0.25) is 4.90 Å². The van der Waals surface area contributed by atoms with Gasteiger partial charge in [-0.25, -0.2) is 8.42 Å². The second kappa shape index (κ2) is 8.14. The van der Waals surface area contributed by atoms with Crippen molar-refractivity contribution in [1.29, 1.82) is 0 Å². The SMILES string of the molecule is CCC1CN(c2ccc(S(C)(=O)=O)cc2C(F)(F)F)CCN1CCOC. The molecule has 1 atom stereocenters. The highest BCUT2D eigenvalue weighted by Gasteiger charge is 2.37. The number of sulfone groups is 1. The Hall–Kier alpha value is -1.32. The minimum absolute atomic E-state index is 0.0368. The molecule has 0 N–H and O–H groups in total. The Labute approximate surface area is 152 Å². The first kappa shape index (κ1) is 21.0. The summed E-state index contributed by atoms with van der Waals surface area (Å²) in [7, 11) is -2.09. The summed E-state index contributed by atoms with van der Waals surface area (Å²) >= 11 is 0. The van der Waals surface area contributed by atoms with E-state index < -0.39 is 21.6 Å². The van der Waals surface area contributed by atoms with Crippen molar-refractivity contribution >= 4 is 15.5 Å². The third-order valence-electron chi connectivity index (χ3n) is 4.70. The molecular weight excluding hydrogens is 369 g/mol. The third-order valence-corrected chi connectivity index (χ3v) is 5.81. The van der Waals surface area contributed by atoms with Crippen LogP contribution in [0, 0.1) is 0 Å². The molecule has 26 heavy (non-hydrogen) atoms. The number of halogens is 3. The molecule has 0 saturated carbocycles. The van der Waals surface area contributed by atoms with Gasteiger partial charge in [0.1, 0.15) is 0 Å². The van der Waals surface area contributed by atoms with Crippen LogP contribution >= 0.6 is 0 Å². The van der Waals surface area contributed by atoms with E-state index in [4.69, 9.17) is 4.74 Å². The molecule has 0 bridgehead atoms. The highest BCUT2D eigenvalue weighted by molar-refractivity contribution is 7.90. The van der Waals surface area contributed by atoms with E-state index in [0.29, 0.717) is 26.2 Å². The number of hydrogen-bond donors (Lipinski definition) is 0. The van der Waals surface area contributed by atoms with Crippen LogP contribution in [0.15, 0.2) is 23.1 Å². The molecule has 1 aromatic carbocycles. The van der Waals surface area contributed by atoms with Crippen molar-refractivity contribution in [3.63, 3.8) is 0 Å². The van der Waals surface area contributed by atoms with Crippen molar-refractivity contribution in [2.75, 3.05) is 51.1 Å². The molecule has 1 unspecified atom stereocenters. The van der Waals surface area contributed by atoms with Crippen LogP contribution in [-0.2, 0) is 20.8 Å². The number of piperazine rings is 1. The maximum Gasteiger partial charge on any atom is 0.418 e. The van der Waals surface area contributed by atoms with E-state index in [1.54, 1.807) is 12.0 Å². The van der Waals surface area contributed by atoms with Gasteiger partial charge in [0.2, 0.25) is 0 Å². The van der Waals surface area contributed by atoms with E-state index in [1.807, 2.05) is 6.92 Å². The predicted octanol–water partition coefficient (Wildman–Crippen LogP) is 2.66. The number of rotatable bonds is 6. The molecule has 0 aromatic heterocycles. The standard InChI is InChI=1S/C17H25F3N2O3S/c1-4-13-12-22(8-7-21(13)9-10-25-2)16-6-5-14(26(3,23)24)11-15(16)17(18,19)20/h5-6,11,13H,4,7-10,12H2,1-3H3. The minimum Gasteiger partial charge on any atom is -0.383 e. The average Bonchev–Trinajstić information content (AvgIpc) is 2.57. The van der Waals surface area contributed by atoms with Gasteiger partial charge in [0.25, 0.3) is 0 Å². The Kier molecular flexibility index (Phi) is 6.57. The summed E-state index contributed by atoms with van der Waals surface area (Å²) in [5.74, 6) is 0. The number of anilines is 1. The van der Waals surface area contributed by atoms with E-state index >= 15 is 0 Å². The number of ether oxygens (including phenoxy) is 1. The number of hydrogen-bond acceptors (Lipinski definition) is 5. The van der Waals surface area contributed by atoms with Crippen molar-refractivity contribution < 1.29 is 26.3 Å². The topological polar surface area (TPSA) is 49.9 Å². The highest BCUT2D eigenvalue weighted by Crippen LogP contribution is 2.38. The molecule has 0 radical (unpaired) electrons. The summed E-state index contributed by atoms with van der Waals surface area (Å²) in [6.07, 6.45) is -2.90. The van der Waals surface area contributed by atoms with Crippen LogP contribution in [0.1, 0.15) is 18.9 Å². The lowest BCUT2D eigenvalue weighted by molar-refractivity contribution is -0.137. The fourth-order valence-corrected chi connectivity index (χ4v) is 3.90. The Balaban J connectivity index is 2.33. The zero-order chi connectivity index (χ0) is 19.5. The second-order valence-corrected chi connectivity index (χ2v) is 8.50. The normalized spacial score (nSPS) is 19.8. The molecule has 9 heteroatoms. The molecule has 5 nitrogen and oxygen atoms in total. The van der Waals surface area contributed by atoms with Crippen LogP contribution in [0.4, 0.5) is 18.9 Å². The van der Waals surface area contributed by atoms with E-state index in [0.717, 1.165) is 25.3 Å². The van der Waals surface area contributed by atoms with Crippen LogP contribution < -0.4 is 4.90 Å². The Bertz CT molecular complexity index is 722. The molecule has 0 spiro atoms. The first-order chi connectivity index (χ1) is 12.1. The molecule has 1 saturated heterocycles. The van der Waals surface area contributed by atoms with Crippen molar-refractivity contribution in [2.24, 2.45) is 0 Å². The lowest BCUT2D eigenvalue weighted by atomic mass is 10.1. The molecule has 148 valence electrons. The van der Waals surface area contributed by atoms with Gasteiger partial charge in [-0.05, 0) is 24.6 Å². The zero-order valence-electron chi connectivity index (χ0n) is 15.2. The maximum absolute atomic E-state index is 13.5. The highest BCUT2D eigenvalue weighted by atomic mass is 32.2. The zero-order valence-corrected chi connectivity index (χ0v) is 16.0. The largest absolute Gasteiger partial charge is 0.418 e. The lowest BCUT2D eigenvalue weighted by Crippen LogP contribution is -2.54. The predicted molar refractivity (Wildman–Crippen MR) is 94.3 cm³/mol. The summed E-state index contributed by atoms with van der Waals surface area (Å²) in [5.41, 5.74) is -0.865. The molecule has 1 aliphatic heterocycles. The fraction of sp³-hybridized carbons (Fsp3) is 0.647. The van der Waals surface area contributed by atoms with Gasteiger partial charge < -0.3 is 9.64 Å². The summed E-state index contributed by atoms with van der Waals surface area (Å²) in [5, 5.41) is 0. The number of nitrogens with zero attached hydrogens (tertiary/aromatic N) is 2. The van der Waals surface area contributed by atoms with Gasteiger partial charge in [-0.2, -0.15) is 13.2 Å². The molecule has 1 aromatic rings. The van der Waals surface area contributed by atoms with E-state index in [1.165, 1.54) is 12.1 Å². The Morgan fingerprint density at radius 3 is 2.50 bits per heavy atom. The molecular formula is C17H25F3N2O3S. The lowest BCUT2D eigenvalue weighted by Gasteiger charge is -2.42. The van der Waals surface area contributed by atoms with Crippen LogP contribution in [0.5, 0.6) is 0 Å². The summed E-state index contributed by atoms with van der Waals surface area (Å²) in [4.78, 5) is 3.60. The average molecular weight is 394 g/mol. The van der Waals surface area contributed by atoms with Crippen LogP contribution in [0.25, 0.3) is 0 Å². The first-order valence-electron chi connectivity index (χ1n) is 8.47. The monoisotopic (exact) mass is 394 g/mol. The fourth-order valence-electron chi connectivity index (χ4n) is 3.25. The Morgan fingerprint density at radius 1 is 1.27 bits per heavy atom. The van der Waals surface area contributed by atoms with Gasteiger partial charge >= 0.3 is 6.18 Å². The minimum atomic E-state index is -4.62. The van der Waals surface area contributed by atoms with Gasteiger partial charge in [-0.1, -0.05) is 6.92 Å². The van der Waals surface area contributed by atoms with E-state index in [-0.39, 0.29) is 16.6 Å². The number of benzene rings is 1. The number of methoxy groups -OCH3 is 1. The molecule has 0 aliphatic carbocycles. The quantitative estimate of drug-likeness (QED) is 0.743. The molecule has 1 aliphatic rings. The first-order valence-corrected chi connectivity index (χ1v) is 10.4. The smallest absolute Gasteiger partial charge is 0.383 e. The summed E-state index contributed by atoms with van der Waals surface area (Å²) < 4.78 is 69.0. The summed E-state index contributed by atoms with van der Waals surface area (Å²) in [6, 6.07) is 3.38. The summed E-state index contributed by atoms with van der Waals surface area (Å²) in [6.45, 7) is 4.86. The van der Waals surface area contributed by atoms with Gasteiger partial charge in [0.15, 0.2) is 9.84 Å². The van der Waals surface area contributed by atoms with Crippen molar-refractivity contribution in [2.45, 2.75) is 30.5 Å². The van der Waals surface area contributed by atoms with Crippen molar-refractivity contribution in [3.8, 4) is 0 Å². The van der Waals surface area contributed by atoms with Crippen LogP contribution in [-0.4, -0.2) is 65.5 Å². The van der Waals surface area contributed by atoms with Gasteiger partial charge in [-0.15, -0.1) is 0 Å². The maximum atomic E-state index is 13.5. The van der Waals surface area contributed by atoms with Crippen LogP contribution in [0.3, 0.4) is 0 Å². The van der Waals surface area contributed by atoms with E-state index in [2.05, 4.69) is 4.90 Å². The Morgan fingerprint density at radius 2 is 1.96 bits per heavy atom. The molecule has 1 heterocycles. The van der Waals surface area contributed by atoms with Crippen molar-refractivity contribution in [3.05, 3.63) is 23.8 Å². The van der Waals surface area contributed by atoms with Crippen LogP contribution in [0.2, 0.25) is 0 Å². The van der Waals surface area contributed by atoms with Crippen molar-refractivity contribution in [1.82, 2.24) is 4.90 Å². The molecule has 0 amide bonds. The van der Waals surface area contributed by atoms with E-state index in [9.17, 15) is 21.6 Å². The number of alkyl halides is 3. The van der Waals surface area contributed by atoms with Gasteiger partial charge in [0.05, 0.1) is 17.1 Å². The van der Waals surface area contributed by atoms with Gasteiger partial charge in [0, 0.05) is 51.3 Å². The molecule has 1 fully saturated rings. The molecule has 2 rings (SSSR count).